The third-order valence-electron chi connectivity index (χ3n) is 3.33. The number of carbonyl (C=O) groups excluding carboxylic acids is 1. The summed E-state index contributed by atoms with van der Waals surface area (Å²) in [6.45, 7) is 0. The van der Waals surface area contributed by atoms with Crippen LogP contribution in [0.5, 0.6) is 0 Å². The van der Waals surface area contributed by atoms with Gasteiger partial charge in [0.05, 0.1) is 16.5 Å². The van der Waals surface area contributed by atoms with Gasteiger partial charge in [-0.3, -0.25) is 4.79 Å². The zero-order chi connectivity index (χ0) is 15.7. The molecule has 0 aliphatic rings. The maximum Gasteiger partial charge on any atom is 0.174 e. The predicted octanol–water partition coefficient (Wildman–Crippen LogP) is 4.76. The molecule has 1 heterocycles. The lowest BCUT2D eigenvalue weighted by Crippen LogP contribution is -2.03. The predicted molar refractivity (Wildman–Crippen MR) is 85.2 cm³/mol. The Hall–Kier alpha value is -2.14. The topological polar surface area (TPSA) is 30.0 Å². The van der Waals surface area contributed by atoms with Gasteiger partial charge in [-0.25, -0.2) is 13.8 Å². The van der Waals surface area contributed by atoms with Gasteiger partial charge in [-0.15, -0.1) is 0 Å². The first kappa shape index (κ1) is 14.8. The van der Waals surface area contributed by atoms with Crippen LogP contribution in [-0.4, -0.2) is 16.1 Å². The van der Waals surface area contributed by atoms with E-state index in [1.54, 1.807) is 24.3 Å². The number of pyridine rings is 1. The van der Waals surface area contributed by atoms with Crippen molar-refractivity contribution < 1.29 is 13.6 Å². The molecule has 3 aromatic rings. The van der Waals surface area contributed by atoms with Crippen molar-refractivity contribution in [2.45, 2.75) is 0 Å². The Balaban J connectivity index is 2.27. The Morgan fingerprint density at radius 2 is 1.68 bits per heavy atom. The number of halogens is 3. The van der Waals surface area contributed by atoms with Crippen LogP contribution in [-0.2, 0) is 0 Å². The average Bonchev–Trinajstić information content (AvgIpc) is 2.53. The molecule has 0 fully saturated rings. The van der Waals surface area contributed by atoms with Crippen molar-refractivity contribution in [3.8, 4) is 11.3 Å². The van der Waals surface area contributed by atoms with E-state index >= 15 is 0 Å². The van der Waals surface area contributed by atoms with Gasteiger partial charge in [0.15, 0.2) is 5.78 Å². The van der Waals surface area contributed by atoms with Crippen LogP contribution in [0.4, 0.5) is 8.78 Å². The molecule has 0 radical (unpaired) electrons. The van der Waals surface area contributed by atoms with E-state index in [9.17, 15) is 13.6 Å². The van der Waals surface area contributed by atoms with E-state index in [-0.39, 0.29) is 16.9 Å². The van der Waals surface area contributed by atoms with Crippen LogP contribution in [0.1, 0.15) is 10.4 Å². The van der Waals surface area contributed by atoms with E-state index in [1.807, 2.05) is 0 Å². The molecule has 0 aliphatic heterocycles. The Morgan fingerprint density at radius 3 is 2.36 bits per heavy atom. The average molecular weight is 362 g/mol. The van der Waals surface area contributed by atoms with Gasteiger partial charge in [-0.2, -0.15) is 0 Å². The van der Waals surface area contributed by atoms with Gasteiger partial charge in [0.25, 0.3) is 0 Å². The number of benzene rings is 2. The summed E-state index contributed by atoms with van der Waals surface area (Å²) in [4.78, 5) is 16.5. The smallest absolute Gasteiger partial charge is 0.174 e. The number of hydrogen-bond donors (Lipinski definition) is 0. The highest BCUT2D eigenvalue weighted by atomic mass is 79.9. The lowest BCUT2D eigenvalue weighted by molar-refractivity contribution is 0.102. The first-order valence-corrected chi connectivity index (χ1v) is 7.66. The number of ketones is 1. The number of aromatic nitrogens is 1. The van der Waals surface area contributed by atoms with E-state index < -0.39 is 5.82 Å². The fourth-order valence-corrected chi connectivity index (χ4v) is 2.57. The fourth-order valence-electron chi connectivity index (χ4n) is 2.27. The van der Waals surface area contributed by atoms with Gasteiger partial charge in [0.1, 0.15) is 11.6 Å². The summed E-state index contributed by atoms with van der Waals surface area (Å²) >= 11 is 3.15. The molecule has 0 bridgehead atoms. The van der Waals surface area contributed by atoms with Crippen molar-refractivity contribution in [2.24, 2.45) is 0 Å². The molecule has 22 heavy (non-hydrogen) atoms. The molecule has 0 N–H and O–H groups in total. The summed E-state index contributed by atoms with van der Waals surface area (Å²) in [5.74, 6) is -0.900. The molecule has 2 nitrogen and oxygen atoms in total. The van der Waals surface area contributed by atoms with Crippen LogP contribution in [0.2, 0.25) is 0 Å². The standard InChI is InChI=1S/C17H10BrF2NO/c18-9-17(22)14-8-15(10-1-3-11(19)4-2-10)21-16-7-12(20)5-6-13(14)16/h1-8H,9H2. The fraction of sp³-hybridized carbons (Fsp3) is 0.0588. The Kier molecular flexibility index (Phi) is 3.98. The van der Waals surface area contributed by atoms with Crippen molar-refractivity contribution >= 4 is 32.6 Å². The van der Waals surface area contributed by atoms with E-state index in [0.717, 1.165) is 0 Å². The van der Waals surface area contributed by atoms with Crippen LogP contribution in [0, 0.1) is 11.6 Å². The largest absolute Gasteiger partial charge is 0.293 e. The quantitative estimate of drug-likeness (QED) is 0.497. The van der Waals surface area contributed by atoms with Crippen LogP contribution >= 0.6 is 15.9 Å². The molecule has 0 unspecified atom stereocenters. The highest BCUT2D eigenvalue weighted by molar-refractivity contribution is 9.09. The van der Waals surface area contributed by atoms with Gasteiger partial charge in [-0.1, -0.05) is 15.9 Å². The SMILES string of the molecule is O=C(CBr)c1cc(-c2ccc(F)cc2)nc2cc(F)ccc12. The second-order valence-electron chi connectivity index (χ2n) is 4.78. The van der Waals surface area contributed by atoms with Crippen molar-refractivity contribution in [2.75, 3.05) is 5.33 Å². The second kappa shape index (κ2) is 5.93. The van der Waals surface area contributed by atoms with E-state index in [2.05, 4.69) is 20.9 Å². The van der Waals surface area contributed by atoms with E-state index in [1.165, 1.54) is 24.3 Å². The molecule has 1 aromatic heterocycles. The zero-order valence-electron chi connectivity index (χ0n) is 11.3. The molecule has 0 saturated carbocycles. The summed E-state index contributed by atoms with van der Waals surface area (Å²) in [6, 6.07) is 11.6. The minimum absolute atomic E-state index is 0.123. The van der Waals surface area contributed by atoms with Crippen molar-refractivity contribution in [3.63, 3.8) is 0 Å². The molecule has 0 saturated heterocycles. The number of nitrogens with zero attached hydrogens (tertiary/aromatic N) is 1. The first-order chi connectivity index (χ1) is 10.6. The monoisotopic (exact) mass is 361 g/mol. The third-order valence-corrected chi connectivity index (χ3v) is 3.84. The third kappa shape index (κ3) is 2.76. The lowest BCUT2D eigenvalue weighted by Gasteiger charge is -2.08. The Labute approximate surface area is 133 Å². The summed E-state index contributed by atoms with van der Waals surface area (Å²) in [5, 5.41) is 0.753. The minimum Gasteiger partial charge on any atom is -0.293 e. The van der Waals surface area contributed by atoms with Crippen molar-refractivity contribution in [3.05, 3.63) is 65.7 Å². The first-order valence-electron chi connectivity index (χ1n) is 6.54. The zero-order valence-corrected chi connectivity index (χ0v) is 12.9. The summed E-state index contributed by atoms with van der Waals surface area (Å²) < 4.78 is 26.5. The number of Topliss-reactive ketones (excluding diaryl/α,β-unsaturated/α-hetero) is 1. The van der Waals surface area contributed by atoms with Gasteiger partial charge in [-0.05, 0) is 42.5 Å². The molecule has 0 atom stereocenters. The second-order valence-corrected chi connectivity index (χ2v) is 5.34. The number of hydrogen-bond acceptors (Lipinski definition) is 2. The van der Waals surface area contributed by atoms with Crippen molar-refractivity contribution in [1.29, 1.82) is 0 Å². The van der Waals surface area contributed by atoms with Crippen molar-refractivity contribution in [1.82, 2.24) is 4.98 Å². The van der Waals surface area contributed by atoms with Crippen LogP contribution < -0.4 is 0 Å². The van der Waals surface area contributed by atoms with Gasteiger partial charge >= 0.3 is 0 Å². The lowest BCUT2D eigenvalue weighted by atomic mass is 10.0. The molecular weight excluding hydrogens is 352 g/mol. The minimum atomic E-state index is -0.423. The van der Waals surface area contributed by atoms with Crippen LogP contribution in [0.3, 0.4) is 0 Å². The normalized spacial score (nSPS) is 10.9. The molecule has 0 aliphatic carbocycles. The maximum atomic E-state index is 13.5. The van der Waals surface area contributed by atoms with Gasteiger partial charge in [0, 0.05) is 22.6 Å². The number of rotatable bonds is 3. The molecule has 3 rings (SSSR count). The highest BCUT2D eigenvalue weighted by Gasteiger charge is 2.13. The Bertz CT molecular complexity index is 862. The molecule has 5 heteroatoms. The number of alkyl halides is 1. The number of carbonyl (C=O) groups is 1. The summed E-state index contributed by atoms with van der Waals surface area (Å²) in [7, 11) is 0. The molecule has 0 amide bonds. The molecule has 0 spiro atoms. The van der Waals surface area contributed by atoms with Gasteiger partial charge < -0.3 is 0 Å². The maximum absolute atomic E-state index is 13.5. The Morgan fingerprint density at radius 1 is 1.00 bits per heavy atom. The number of fused-ring (bicyclic) bond motifs is 1. The molecule has 2 aromatic carbocycles. The van der Waals surface area contributed by atoms with Crippen LogP contribution in [0.25, 0.3) is 22.2 Å². The van der Waals surface area contributed by atoms with Crippen LogP contribution in [0.15, 0.2) is 48.5 Å². The molecule has 110 valence electrons. The highest BCUT2D eigenvalue weighted by Crippen LogP contribution is 2.26. The van der Waals surface area contributed by atoms with E-state index in [4.69, 9.17) is 0 Å². The van der Waals surface area contributed by atoms with Gasteiger partial charge in [0.2, 0.25) is 0 Å². The summed E-state index contributed by atoms with van der Waals surface area (Å²) in [6.07, 6.45) is 0. The van der Waals surface area contributed by atoms with E-state index in [0.29, 0.717) is 27.7 Å². The summed E-state index contributed by atoms with van der Waals surface area (Å²) in [5.41, 5.74) is 2.02. The molecular formula is C17H10BrF2NO.